The monoisotopic (exact) mass is 437 g/mol. The van der Waals surface area contributed by atoms with Gasteiger partial charge in [0.05, 0.1) is 10.6 Å². The SMILES string of the molecule is CC(=O)N(C)c1ccc(NC(=O)c2ccc(S(=O)(=O)Nc3ccccc3C)cc2)cc1. The Morgan fingerprint density at radius 1 is 0.871 bits per heavy atom. The number of hydrogen-bond acceptors (Lipinski definition) is 4. The van der Waals surface area contributed by atoms with E-state index in [2.05, 4.69) is 10.0 Å². The Morgan fingerprint density at radius 2 is 1.48 bits per heavy atom. The second-order valence-corrected chi connectivity index (χ2v) is 8.71. The van der Waals surface area contributed by atoms with Crippen molar-refractivity contribution in [1.82, 2.24) is 0 Å². The molecule has 8 heteroatoms. The summed E-state index contributed by atoms with van der Waals surface area (Å²) in [7, 11) is -2.10. The summed E-state index contributed by atoms with van der Waals surface area (Å²) in [6, 6.07) is 19.6. The van der Waals surface area contributed by atoms with Crippen molar-refractivity contribution in [2.45, 2.75) is 18.7 Å². The van der Waals surface area contributed by atoms with Gasteiger partial charge in [0.25, 0.3) is 15.9 Å². The van der Waals surface area contributed by atoms with Gasteiger partial charge in [-0.25, -0.2) is 8.42 Å². The molecule has 2 N–H and O–H groups in total. The van der Waals surface area contributed by atoms with Crippen LogP contribution in [0.1, 0.15) is 22.8 Å². The van der Waals surface area contributed by atoms with E-state index in [1.54, 1.807) is 43.4 Å². The number of carbonyl (C=O) groups excluding carboxylic acids is 2. The first kappa shape index (κ1) is 22.0. The fourth-order valence-electron chi connectivity index (χ4n) is 2.83. The van der Waals surface area contributed by atoms with Crippen molar-refractivity contribution in [3.8, 4) is 0 Å². The molecule has 0 fully saturated rings. The molecule has 31 heavy (non-hydrogen) atoms. The van der Waals surface area contributed by atoms with Crippen molar-refractivity contribution < 1.29 is 18.0 Å². The molecule has 3 aromatic rings. The molecule has 0 saturated carbocycles. The number of carbonyl (C=O) groups is 2. The first-order valence-corrected chi connectivity index (χ1v) is 11.0. The van der Waals surface area contributed by atoms with Crippen LogP contribution in [-0.4, -0.2) is 27.3 Å². The number of anilines is 3. The number of aryl methyl sites for hydroxylation is 1. The minimum absolute atomic E-state index is 0.0592. The summed E-state index contributed by atoms with van der Waals surface area (Å²) >= 11 is 0. The summed E-state index contributed by atoms with van der Waals surface area (Å²) < 4.78 is 27.8. The Labute approximate surface area is 181 Å². The molecule has 0 heterocycles. The molecule has 0 aliphatic heterocycles. The topological polar surface area (TPSA) is 95.6 Å². The van der Waals surface area contributed by atoms with Crippen LogP contribution in [0.4, 0.5) is 17.1 Å². The predicted molar refractivity (Wildman–Crippen MR) is 122 cm³/mol. The lowest BCUT2D eigenvalue weighted by molar-refractivity contribution is -0.116. The van der Waals surface area contributed by atoms with Crippen molar-refractivity contribution >= 4 is 38.9 Å². The van der Waals surface area contributed by atoms with Crippen LogP contribution < -0.4 is 14.9 Å². The zero-order chi connectivity index (χ0) is 22.6. The Bertz CT molecular complexity index is 1200. The molecule has 160 valence electrons. The summed E-state index contributed by atoms with van der Waals surface area (Å²) in [6.07, 6.45) is 0. The molecule has 0 aliphatic rings. The van der Waals surface area contributed by atoms with Gasteiger partial charge in [0.15, 0.2) is 0 Å². The van der Waals surface area contributed by atoms with Crippen LogP contribution in [0.2, 0.25) is 0 Å². The molecule has 3 rings (SSSR count). The second-order valence-electron chi connectivity index (χ2n) is 7.02. The van der Waals surface area contributed by atoms with Crippen molar-refractivity contribution in [2.75, 3.05) is 22.0 Å². The molecule has 0 atom stereocenters. The van der Waals surface area contributed by atoms with E-state index in [0.717, 1.165) is 5.56 Å². The van der Waals surface area contributed by atoms with E-state index < -0.39 is 10.0 Å². The summed E-state index contributed by atoms with van der Waals surface area (Å²) in [5.74, 6) is -0.466. The highest BCUT2D eigenvalue weighted by Gasteiger charge is 2.16. The van der Waals surface area contributed by atoms with Crippen LogP contribution >= 0.6 is 0 Å². The predicted octanol–water partition coefficient (Wildman–Crippen LogP) is 4.03. The first-order chi connectivity index (χ1) is 14.7. The van der Waals surface area contributed by atoms with E-state index in [-0.39, 0.29) is 16.7 Å². The number of nitrogens with zero attached hydrogens (tertiary/aromatic N) is 1. The average molecular weight is 438 g/mol. The number of para-hydroxylation sites is 1. The van der Waals surface area contributed by atoms with Gasteiger partial charge < -0.3 is 10.2 Å². The molecule has 0 aliphatic carbocycles. The number of amides is 2. The summed E-state index contributed by atoms with van der Waals surface area (Å²) in [5.41, 5.74) is 2.90. The van der Waals surface area contributed by atoms with Gasteiger partial charge in [0, 0.05) is 30.9 Å². The normalized spacial score (nSPS) is 10.9. The summed E-state index contributed by atoms with van der Waals surface area (Å²) in [4.78, 5) is 25.5. The van der Waals surface area contributed by atoms with E-state index in [1.165, 1.54) is 36.1 Å². The minimum atomic E-state index is -3.77. The van der Waals surface area contributed by atoms with Crippen LogP contribution in [0, 0.1) is 6.92 Å². The quantitative estimate of drug-likeness (QED) is 0.609. The van der Waals surface area contributed by atoms with Gasteiger partial charge in [-0.3, -0.25) is 14.3 Å². The molecule has 0 radical (unpaired) electrons. The van der Waals surface area contributed by atoms with Gasteiger partial charge in [-0.05, 0) is 67.1 Å². The number of benzene rings is 3. The van der Waals surface area contributed by atoms with Gasteiger partial charge >= 0.3 is 0 Å². The van der Waals surface area contributed by atoms with Crippen LogP contribution in [0.3, 0.4) is 0 Å². The lowest BCUT2D eigenvalue weighted by atomic mass is 10.2. The highest BCUT2D eigenvalue weighted by molar-refractivity contribution is 7.92. The van der Waals surface area contributed by atoms with Crippen molar-refractivity contribution in [2.24, 2.45) is 0 Å². The zero-order valence-electron chi connectivity index (χ0n) is 17.4. The highest BCUT2D eigenvalue weighted by Crippen LogP contribution is 2.21. The molecule has 0 unspecified atom stereocenters. The van der Waals surface area contributed by atoms with Gasteiger partial charge in [0.2, 0.25) is 5.91 Å². The molecule has 0 aromatic heterocycles. The van der Waals surface area contributed by atoms with Gasteiger partial charge in [-0.15, -0.1) is 0 Å². The Kier molecular flexibility index (Phi) is 6.41. The van der Waals surface area contributed by atoms with E-state index in [9.17, 15) is 18.0 Å². The molecule has 0 bridgehead atoms. The third-order valence-corrected chi connectivity index (χ3v) is 6.18. The number of hydrogen-bond donors (Lipinski definition) is 2. The van der Waals surface area contributed by atoms with Gasteiger partial charge in [0.1, 0.15) is 0 Å². The molecule has 3 aromatic carbocycles. The maximum atomic E-state index is 12.6. The van der Waals surface area contributed by atoms with Crippen molar-refractivity contribution in [3.05, 3.63) is 83.9 Å². The number of sulfonamides is 1. The van der Waals surface area contributed by atoms with E-state index >= 15 is 0 Å². The standard InChI is InChI=1S/C23H23N3O4S/c1-16-6-4-5-7-22(16)25-31(29,30)21-14-8-18(9-15-21)23(28)24-19-10-12-20(13-11-19)26(3)17(2)27/h4-15,25H,1-3H3,(H,24,28). The average Bonchev–Trinajstić information content (AvgIpc) is 2.75. The Balaban J connectivity index is 1.70. The third-order valence-electron chi connectivity index (χ3n) is 4.80. The minimum Gasteiger partial charge on any atom is -0.322 e. The lowest BCUT2D eigenvalue weighted by Gasteiger charge is -2.15. The smallest absolute Gasteiger partial charge is 0.261 e. The van der Waals surface area contributed by atoms with E-state index in [0.29, 0.717) is 22.6 Å². The summed E-state index contributed by atoms with van der Waals surface area (Å²) in [6.45, 7) is 3.28. The Hall–Kier alpha value is -3.65. The zero-order valence-corrected chi connectivity index (χ0v) is 18.2. The maximum Gasteiger partial charge on any atom is 0.261 e. The second kappa shape index (κ2) is 9.01. The molecular weight excluding hydrogens is 414 g/mol. The van der Waals surface area contributed by atoms with Gasteiger partial charge in [-0.1, -0.05) is 18.2 Å². The fourth-order valence-corrected chi connectivity index (χ4v) is 3.96. The molecule has 7 nitrogen and oxygen atoms in total. The number of nitrogens with one attached hydrogen (secondary N) is 2. The van der Waals surface area contributed by atoms with E-state index in [1.807, 2.05) is 19.1 Å². The maximum absolute atomic E-state index is 12.6. The van der Waals surface area contributed by atoms with Crippen LogP contribution in [-0.2, 0) is 14.8 Å². The fraction of sp³-hybridized carbons (Fsp3) is 0.130. The molecule has 0 saturated heterocycles. The van der Waals surface area contributed by atoms with Crippen LogP contribution in [0.5, 0.6) is 0 Å². The number of rotatable bonds is 6. The highest BCUT2D eigenvalue weighted by atomic mass is 32.2. The van der Waals surface area contributed by atoms with Crippen LogP contribution in [0.25, 0.3) is 0 Å². The van der Waals surface area contributed by atoms with Gasteiger partial charge in [-0.2, -0.15) is 0 Å². The van der Waals surface area contributed by atoms with Crippen molar-refractivity contribution in [1.29, 1.82) is 0 Å². The summed E-state index contributed by atoms with van der Waals surface area (Å²) in [5, 5.41) is 2.75. The third kappa shape index (κ3) is 5.29. The lowest BCUT2D eigenvalue weighted by Crippen LogP contribution is -2.22. The molecule has 2 amide bonds. The van der Waals surface area contributed by atoms with E-state index in [4.69, 9.17) is 0 Å². The molecule has 0 spiro atoms. The first-order valence-electron chi connectivity index (χ1n) is 9.51. The Morgan fingerprint density at radius 3 is 2.06 bits per heavy atom. The van der Waals surface area contributed by atoms with Crippen LogP contribution in [0.15, 0.2) is 77.7 Å². The van der Waals surface area contributed by atoms with Crippen molar-refractivity contribution in [3.63, 3.8) is 0 Å². The molecular formula is C23H23N3O4S. The largest absolute Gasteiger partial charge is 0.322 e.